The fourth-order valence-electron chi connectivity index (χ4n) is 2.50. The highest BCUT2D eigenvalue weighted by atomic mass is 32.2. The lowest BCUT2D eigenvalue weighted by molar-refractivity contribution is -0.127. The van der Waals surface area contributed by atoms with Gasteiger partial charge in [0.1, 0.15) is 0 Å². The molecule has 17 heavy (non-hydrogen) atoms. The molecule has 1 fully saturated rings. The van der Waals surface area contributed by atoms with Gasteiger partial charge in [0.2, 0.25) is 5.91 Å². The Labute approximate surface area is 109 Å². The minimum Gasteiger partial charge on any atom is -0.356 e. The van der Waals surface area contributed by atoms with E-state index in [9.17, 15) is 4.79 Å². The summed E-state index contributed by atoms with van der Waals surface area (Å²) in [7, 11) is 0. The molecule has 2 unspecified atom stereocenters. The molecule has 0 spiro atoms. The van der Waals surface area contributed by atoms with Crippen molar-refractivity contribution in [2.24, 2.45) is 17.6 Å². The number of hydrogen-bond donors (Lipinski definition) is 2. The van der Waals surface area contributed by atoms with Crippen molar-refractivity contribution in [2.75, 3.05) is 24.6 Å². The number of hydrogen-bond acceptors (Lipinski definition) is 3. The van der Waals surface area contributed by atoms with E-state index in [2.05, 4.69) is 12.2 Å². The number of rotatable bonds is 7. The Kier molecular flexibility index (Phi) is 7.69. The van der Waals surface area contributed by atoms with Crippen molar-refractivity contribution >= 4 is 17.7 Å². The Balaban J connectivity index is 2.20. The number of carbonyl (C=O) groups is 1. The van der Waals surface area contributed by atoms with E-state index in [0.29, 0.717) is 12.5 Å². The van der Waals surface area contributed by atoms with Gasteiger partial charge in [0.15, 0.2) is 0 Å². The zero-order valence-electron chi connectivity index (χ0n) is 10.9. The molecule has 3 nitrogen and oxygen atoms in total. The Morgan fingerprint density at radius 3 is 2.88 bits per heavy atom. The van der Waals surface area contributed by atoms with Crippen LogP contribution in [0.25, 0.3) is 0 Å². The van der Waals surface area contributed by atoms with Crippen molar-refractivity contribution in [1.29, 1.82) is 0 Å². The molecule has 0 aromatic heterocycles. The second kappa shape index (κ2) is 8.81. The normalized spacial score (nSPS) is 24.6. The third-order valence-corrected chi connectivity index (χ3v) is 4.50. The maximum atomic E-state index is 12.0. The highest BCUT2D eigenvalue weighted by molar-refractivity contribution is 7.99. The Bertz CT molecular complexity index is 223. The van der Waals surface area contributed by atoms with Crippen LogP contribution in [-0.4, -0.2) is 30.5 Å². The van der Waals surface area contributed by atoms with E-state index in [1.165, 1.54) is 12.8 Å². The van der Waals surface area contributed by atoms with E-state index in [1.807, 2.05) is 11.8 Å². The van der Waals surface area contributed by atoms with Gasteiger partial charge in [-0.05, 0) is 43.2 Å². The molecule has 0 bridgehead atoms. The van der Waals surface area contributed by atoms with Crippen LogP contribution >= 0.6 is 11.8 Å². The second-order valence-electron chi connectivity index (χ2n) is 4.73. The summed E-state index contributed by atoms with van der Waals surface area (Å²) in [5.41, 5.74) is 5.74. The topological polar surface area (TPSA) is 55.1 Å². The summed E-state index contributed by atoms with van der Waals surface area (Å²) >= 11 is 1.93. The first-order valence-corrected chi connectivity index (χ1v) is 8.00. The Morgan fingerprint density at radius 1 is 1.41 bits per heavy atom. The molecule has 0 aliphatic heterocycles. The number of thioether (sulfide) groups is 1. The highest BCUT2D eigenvalue weighted by Crippen LogP contribution is 2.29. The summed E-state index contributed by atoms with van der Waals surface area (Å²) in [5, 5.41) is 3.07. The fourth-order valence-corrected chi connectivity index (χ4v) is 3.13. The van der Waals surface area contributed by atoms with Crippen molar-refractivity contribution in [3.8, 4) is 0 Å². The first-order chi connectivity index (χ1) is 8.29. The van der Waals surface area contributed by atoms with Gasteiger partial charge in [-0.3, -0.25) is 4.79 Å². The van der Waals surface area contributed by atoms with Crippen LogP contribution in [0, 0.1) is 11.8 Å². The molecular formula is C13H26N2OS. The summed E-state index contributed by atoms with van der Waals surface area (Å²) in [6.45, 7) is 3.64. The highest BCUT2D eigenvalue weighted by Gasteiger charge is 2.29. The zero-order chi connectivity index (χ0) is 12.5. The lowest BCUT2D eigenvalue weighted by atomic mass is 9.79. The third kappa shape index (κ3) is 5.30. The van der Waals surface area contributed by atoms with E-state index in [-0.39, 0.29) is 11.8 Å². The van der Waals surface area contributed by atoms with Crippen LogP contribution in [0.15, 0.2) is 0 Å². The van der Waals surface area contributed by atoms with E-state index in [1.54, 1.807) is 0 Å². The quantitative estimate of drug-likeness (QED) is 0.687. The molecule has 1 rings (SSSR count). The lowest BCUT2D eigenvalue weighted by Crippen LogP contribution is -2.39. The van der Waals surface area contributed by atoms with Gasteiger partial charge in [0.05, 0.1) is 0 Å². The van der Waals surface area contributed by atoms with Crippen LogP contribution in [0.2, 0.25) is 0 Å². The van der Waals surface area contributed by atoms with Crippen molar-refractivity contribution in [3.05, 3.63) is 0 Å². The second-order valence-corrected chi connectivity index (χ2v) is 6.12. The van der Waals surface area contributed by atoms with Gasteiger partial charge in [-0.1, -0.05) is 19.8 Å². The number of nitrogens with two attached hydrogens (primary N) is 1. The monoisotopic (exact) mass is 258 g/mol. The molecule has 0 heterocycles. The molecule has 100 valence electrons. The molecule has 0 radical (unpaired) electrons. The van der Waals surface area contributed by atoms with Crippen LogP contribution in [-0.2, 0) is 4.79 Å². The maximum absolute atomic E-state index is 12.0. The van der Waals surface area contributed by atoms with Gasteiger partial charge in [0.25, 0.3) is 0 Å². The number of nitrogens with one attached hydrogen (secondary N) is 1. The van der Waals surface area contributed by atoms with E-state index in [0.717, 1.165) is 37.3 Å². The zero-order valence-corrected chi connectivity index (χ0v) is 11.7. The first kappa shape index (κ1) is 14.8. The van der Waals surface area contributed by atoms with Crippen molar-refractivity contribution in [2.45, 2.75) is 39.0 Å². The molecule has 1 amide bonds. The predicted molar refractivity (Wildman–Crippen MR) is 75.1 cm³/mol. The molecule has 2 atom stereocenters. The first-order valence-electron chi connectivity index (χ1n) is 6.85. The molecule has 4 heteroatoms. The summed E-state index contributed by atoms with van der Waals surface area (Å²) in [4.78, 5) is 12.0. The van der Waals surface area contributed by atoms with Crippen LogP contribution in [0.5, 0.6) is 0 Å². The van der Waals surface area contributed by atoms with E-state index in [4.69, 9.17) is 5.73 Å². The number of amides is 1. The van der Waals surface area contributed by atoms with Gasteiger partial charge in [-0.2, -0.15) is 11.8 Å². The largest absolute Gasteiger partial charge is 0.356 e. The maximum Gasteiger partial charge on any atom is 0.223 e. The van der Waals surface area contributed by atoms with Gasteiger partial charge in [-0.25, -0.2) is 0 Å². The van der Waals surface area contributed by atoms with Gasteiger partial charge >= 0.3 is 0 Å². The molecular weight excluding hydrogens is 232 g/mol. The SMILES string of the molecule is CCSCCCNC(=O)C1CCCCC1CN. The Hall–Kier alpha value is -0.220. The van der Waals surface area contributed by atoms with Crippen LogP contribution < -0.4 is 11.1 Å². The summed E-state index contributed by atoms with van der Waals surface area (Å²) in [6, 6.07) is 0. The van der Waals surface area contributed by atoms with Crippen LogP contribution in [0.1, 0.15) is 39.0 Å². The average molecular weight is 258 g/mol. The van der Waals surface area contributed by atoms with Gasteiger partial charge < -0.3 is 11.1 Å². The molecule has 0 saturated heterocycles. The average Bonchev–Trinajstić information content (AvgIpc) is 2.38. The third-order valence-electron chi connectivity index (χ3n) is 3.52. The summed E-state index contributed by atoms with van der Waals surface area (Å²) in [6.07, 6.45) is 5.64. The van der Waals surface area contributed by atoms with Gasteiger partial charge in [-0.15, -0.1) is 0 Å². The molecule has 1 saturated carbocycles. The van der Waals surface area contributed by atoms with E-state index < -0.39 is 0 Å². The van der Waals surface area contributed by atoms with Crippen molar-refractivity contribution < 1.29 is 4.79 Å². The number of carbonyl (C=O) groups excluding carboxylic acids is 1. The molecule has 0 aromatic carbocycles. The van der Waals surface area contributed by atoms with E-state index >= 15 is 0 Å². The summed E-state index contributed by atoms with van der Waals surface area (Å²) < 4.78 is 0. The molecule has 0 aromatic rings. The molecule has 1 aliphatic rings. The fraction of sp³-hybridized carbons (Fsp3) is 0.923. The van der Waals surface area contributed by atoms with Crippen LogP contribution in [0.3, 0.4) is 0 Å². The predicted octanol–water partition coefficient (Wildman–Crippen LogP) is 2.01. The summed E-state index contributed by atoms with van der Waals surface area (Å²) in [5.74, 6) is 3.12. The van der Waals surface area contributed by atoms with Gasteiger partial charge in [0, 0.05) is 12.5 Å². The Morgan fingerprint density at radius 2 is 2.18 bits per heavy atom. The van der Waals surface area contributed by atoms with Crippen molar-refractivity contribution in [1.82, 2.24) is 5.32 Å². The minimum atomic E-state index is 0.174. The lowest BCUT2D eigenvalue weighted by Gasteiger charge is -2.29. The molecule has 3 N–H and O–H groups in total. The standard InChI is InChI=1S/C13H26N2OS/c1-2-17-9-5-8-15-13(16)12-7-4-3-6-11(12)10-14/h11-12H,2-10,14H2,1H3,(H,15,16). The van der Waals surface area contributed by atoms with Crippen LogP contribution in [0.4, 0.5) is 0 Å². The van der Waals surface area contributed by atoms with Crippen molar-refractivity contribution in [3.63, 3.8) is 0 Å². The minimum absolute atomic E-state index is 0.174. The molecule has 1 aliphatic carbocycles. The smallest absolute Gasteiger partial charge is 0.223 e.